The van der Waals surface area contributed by atoms with Crippen LogP contribution >= 0.6 is 22.7 Å². The molecule has 0 radical (unpaired) electrons. The highest BCUT2D eigenvalue weighted by Crippen LogP contribution is 2.67. The number of rotatable bonds is 16. The lowest BCUT2D eigenvalue weighted by Crippen LogP contribution is -2.49. The molecule has 2 heterocycles. The number of allylic oxidation sites excluding steroid dienone is 2. The van der Waals surface area contributed by atoms with E-state index < -0.39 is 28.9 Å². The standard InChI is InChI=1S/C37H42F6S2/c1-3-5-7-9-11-13-23-29-31(25-19-15-17-21-27(25)44-29)33-34(36(40,41)37(42,43)35(33,38)39)32-26-20-16-18-22-28(26)45-30(32)24-14-12-10-8-6-4-2/h15-22H,3-14,23-24H2,1-2H3. The van der Waals surface area contributed by atoms with E-state index >= 15 is 26.3 Å². The van der Waals surface area contributed by atoms with Gasteiger partial charge in [0.15, 0.2) is 0 Å². The van der Waals surface area contributed by atoms with Crippen molar-refractivity contribution in [3.05, 3.63) is 69.4 Å². The Morgan fingerprint density at radius 1 is 0.489 bits per heavy atom. The molecule has 0 amide bonds. The van der Waals surface area contributed by atoms with Crippen LogP contribution in [0.2, 0.25) is 0 Å². The number of hydrogen-bond donors (Lipinski definition) is 0. The summed E-state index contributed by atoms with van der Waals surface area (Å²) in [6.07, 6.45) is 12.3. The number of fused-ring (bicyclic) bond motifs is 2. The fourth-order valence-corrected chi connectivity index (χ4v) is 9.12. The maximum absolute atomic E-state index is 16.2. The second kappa shape index (κ2) is 14.2. The molecule has 0 saturated carbocycles. The van der Waals surface area contributed by atoms with Gasteiger partial charge in [0, 0.05) is 52.2 Å². The molecular formula is C37H42F6S2. The molecule has 0 atom stereocenters. The third-order valence-corrected chi connectivity index (χ3v) is 11.5. The number of benzene rings is 2. The van der Waals surface area contributed by atoms with Gasteiger partial charge in [0.05, 0.1) is 0 Å². The van der Waals surface area contributed by atoms with Crippen molar-refractivity contribution >= 4 is 54.0 Å². The molecule has 2 aromatic heterocycles. The fraction of sp³-hybridized carbons (Fsp3) is 0.514. The zero-order valence-corrected chi connectivity index (χ0v) is 27.7. The summed E-state index contributed by atoms with van der Waals surface area (Å²) in [5.74, 6) is -15.7. The molecule has 0 nitrogen and oxygen atoms in total. The molecule has 244 valence electrons. The van der Waals surface area contributed by atoms with Crippen molar-refractivity contribution in [2.45, 2.75) is 122 Å². The summed E-state index contributed by atoms with van der Waals surface area (Å²) in [5.41, 5.74) is -2.63. The number of hydrogen-bond acceptors (Lipinski definition) is 2. The molecule has 0 N–H and O–H groups in total. The Labute approximate surface area is 270 Å². The molecule has 8 heteroatoms. The van der Waals surface area contributed by atoms with Crippen LogP contribution in [0.15, 0.2) is 48.5 Å². The van der Waals surface area contributed by atoms with E-state index in [1.165, 1.54) is 22.7 Å². The highest BCUT2D eigenvalue weighted by atomic mass is 32.1. The van der Waals surface area contributed by atoms with Crippen molar-refractivity contribution in [2.24, 2.45) is 0 Å². The Balaban J connectivity index is 1.69. The zero-order chi connectivity index (χ0) is 32.2. The molecule has 0 spiro atoms. The summed E-state index contributed by atoms with van der Waals surface area (Å²) in [7, 11) is 0. The first-order valence-electron chi connectivity index (χ1n) is 16.5. The minimum Gasteiger partial charge on any atom is -0.194 e. The number of aryl methyl sites for hydroxylation is 2. The zero-order valence-electron chi connectivity index (χ0n) is 26.1. The summed E-state index contributed by atoms with van der Waals surface area (Å²) in [5, 5.41) is 0.669. The molecule has 2 aromatic carbocycles. The van der Waals surface area contributed by atoms with Crippen LogP contribution in [-0.4, -0.2) is 17.8 Å². The van der Waals surface area contributed by atoms with Gasteiger partial charge in [0.25, 0.3) is 0 Å². The van der Waals surface area contributed by atoms with Crippen molar-refractivity contribution < 1.29 is 26.3 Å². The van der Waals surface area contributed by atoms with E-state index in [2.05, 4.69) is 13.8 Å². The van der Waals surface area contributed by atoms with Gasteiger partial charge in [-0.1, -0.05) is 114 Å². The quantitative estimate of drug-likeness (QED) is 0.0826. The average molecular weight is 665 g/mol. The lowest BCUT2D eigenvalue weighted by atomic mass is 9.90. The van der Waals surface area contributed by atoms with E-state index in [1.807, 2.05) is 0 Å². The monoisotopic (exact) mass is 664 g/mol. The van der Waals surface area contributed by atoms with Gasteiger partial charge in [0.2, 0.25) is 0 Å². The Kier molecular flexibility index (Phi) is 10.7. The van der Waals surface area contributed by atoms with Crippen LogP contribution < -0.4 is 0 Å². The highest BCUT2D eigenvalue weighted by Gasteiger charge is 2.80. The Morgan fingerprint density at radius 3 is 1.24 bits per heavy atom. The van der Waals surface area contributed by atoms with E-state index in [9.17, 15) is 0 Å². The molecular weight excluding hydrogens is 623 g/mol. The van der Waals surface area contributed by atoms with Gasteiger partial charge in [-0.3, -0.25) is 0 Å². The van der Waals surface area contributed by atoms with Crippen LogP contribution in [0.5, 0.6) is 0 Å². The fourth-order valence-electron chi connectivity index (χ4n) is 6.61. The molecule has 1 aliphatic rings. The summed E-state index contributed by atoms with van der Waals surface area (Å²) < 4.78 is 97.2. The number of alkyl halides is 6. The second-order valence-corrected chi connectivity index (χ2v) is 14.6. The highest BCUT2D eigenvalue weighted by molar-refractivity contribution is 7.19. The van der Waals surface area contributed by atoms with E-state index in [1.54, 1.807) is 48.5 Å². The first-order valence-corrected chi connectivity index (χ1v) is 18.1. The molecule has 5 rings (SSSR count). The first kappa shape index (κ1) is 34.0. The van der Waals surface area contributed by atoms with Crippen LogP contribution in [0.1, 0.15) is 112 Å². The van der Waals surface area contributed by atoms with Gasteiger partial charge < -0.3 is 0 Å². The smallest absolute Gasteiger partial charge is 0.194 e. The minimum atomic E-state index is -5.58. The van der Waals surface area contributed by atoms with E-state index in [0.717, 1.165) is 64.2 Å². The van der Waals surface area contributed by atoms with Crippen LogP contribution in [0.3, 0.4) is 0 Å². The van der Waals surface area contributed by atoms with Crippen LogP contribution in [-0.2, 0) is 12.8 Å². The average Bonchev–Trinajstić information content (AvgIpc) is 3.59. The normalized spacial score (nSPS) is 17.2. The van der Waals surface area contributed by atoms with Gasteiger partial charge in [-0.05, 0) is 37.8 Å². The van der Waals surface area contributed by atoms with Gasteiger partial charge in [-0.25, -0.2) is 0 Å². The van der Waals surface area contributed by atoms with Gasteiger partial charge in [-0.2, -0.15) is 26.3 Å². The van der Waals surface area contributed by atoms with Crippen LogP contribution in [0, 0.1) is 0 Å². The largest absolute Gasteiger partial charge is 0.380 e. The molecule has 4 aromatic rings. The van der Waals surface area contributed by atoms with Crippen molar-refractivity contribution in [2.75, 3.05) is 0 Å². The lowest BCUT2D eigenvalue weighted by Gasteiger charge is -2.26. The minimum absolute atomic E-state index is 0.123. The van der Waals surface area contributed by atoms with Crippen molar-refractivity contribution in [1.82, 2.24) is 0 Å². The van der Waals surface area contributed by atoms with Crippen LogP contribution in [0.4, 0.5) is 26.3 Å². The van der Waals surface area contributed by atoms with E-state index in [4.69, 9.17) is 0 Å². The van der Waals surface area contributed by atoms with Gasteiger partial charge in [0.1, 0.15) is 0 Å². The molecule has 0 bridgehead atoms. The topological polar surface area (TPSA) is 0 Å². The summed E-state index contributed by atoms with van der Waals surface area (Å²) in [4.78, 5) is 0.953. The van der Waals surface area contributed by atoms with Crippen molar-refractivity contribution in [3.8, 4) is 0 Å². The molecule has 0 aliphatic heterocycles. The maximum Gasteiger partial charge on any atom is 0.380 e. The van der Waals surface area contributed by atoms with E-state index in [-0.39, 0.29) is 11.1 Å². The van der Waals surface area contributed by atoms with E-state index in [0.29, 0.717) is 55.6 Å². The first-order chi connectivity index (χ1) is 21.6. The number of unbranched alkanes of at least 4 members (excludes halogenated alkanes) is 10. The molecule has 45 heavy (non-hydrogen) atoms. The maximum atomic E-state index is 16.2. The second-order valence-electron chi connectivity index (χ2n) is 12.3. The Morgan fingerprint density at radius 2 is 0.844 bits per heavy atom. The lowest BCUT2D eigenvalue weighted by molar-refractivity contribution is -0.254. The molecule has 0 fully saturated rings. The SMILES string of the molecule is CCCCCCCCc1sc2ccccc2c1C1=C(c2c(CCCCCCCC)sc3ccccc23)C(F)(F)C(F)(F)C1(F)F. The number of thiophene rings is 2. The van der Waals surface area contributed by atoms with Gasteiger partial charge >= 0.3 is 17.8 Å². The van der Waals surface area contributed by atoms with Crippen LogP contribution in [0.25, 0.3) is 31.3 Å². The van der Waals surface area contributed by atoms with Crippen molar-refractivity contribution in [3.63, 3.8) is 0 Å². The predicted octanol–water partition coefficient (Wildman–Crippen LogP) is 13.8. The third kappa shape index (κ3) is 6.35. The Hall–Kier alpha value is -2.32. The summed E-state index contributed by atoms with van der Waals surface area (Å²) >= 11 is 2.51. The van der Waals surface area contributed by atoms with Crippen molar-refractivity contribution in [1.29, 1.82) is 0 Å². The Bertz CT molecular complexity index is 1510. The predicted molar refractivity (Wildman–Crippen MR) is 179 cm³/mol. The molecule has 0 saturated heterocycles. The molecule has 1 aliphatic carbocycles. The molecule has 0 unspecified atom stereocenters. The third-order valence-electron chi connectivity index (χ3n) is 9.02. The summed E-state index contributed by atoms with van der Waals surface area (Å²) in [6, 6.07) is 13.5. The summed E-state index contributed by atoms with van der Waals surface area (Å²) in [6.45, 7) is 4.25. The van der Waals surface area contributed by atoms with Gasteiger partial charge in [-0.15, -0.1) is 22.7 Å². The number of halogens is 6.